The molecule has 0 aliphatic heterocycles. The molecular weight excluding hydrogens is 416 g/mol. The Bertz CT molecular complexity index is 1080. The third-order valence-electron chi connectivity index (χ3n) is 4.31. The van der Waals surface area contributed by atoms with Gasteiger partial charge in [-0.15, -0.1) is 0 Å². The van der Waals surface area contributed by atoms with Gasteiger partial charge in [0.1, 0.15) is 5.76 Å². The van der Waals surface area contributed by atoms with E-state index in [4.69, 9.17) is 20.8 Å². The highest BCUT2D eigenvalue weighted by Crippen LogP contribution is 2.35. The van der Waals surface area contributed by atoms with Crippen LogP contribution in [-0.2, 0) is 16.0 Å². The number of carbonyl (C=O) groups excluding carboxylic acids is 1. The predicted octanol–water partition coefficient (Wildman–Crippen LogP) is 4.32. The minimum absolute atomic E-state index is 0.130. The third-order valence-corrected chi connectivity index (χ3v) is 5.65. The highest BCUT2D eigenvalue weighted by Gasteiger charge is 2.20. The lowest BCUT2D eigenvalue weighted by atomic mass is 10.2. The zero-order chi connectivity index (χ0) is 21.0. The van der Waals surface area contributed by atoms with Crippen molar-refractivity contribution >= 4 is 40.2 Å². The van der Waals surface area contributed by atoms with E-state index in [-0.39, 0.29) is 16.6 Å². The van der Waals surface area contributed by atoms with E-state index in [1.165, 1.54) is 18.9 Å². The van der Waals surface area contributed by atoms with Crippen molar-refractivity contribution in [3.05, 3.63) is 57.2 Å². The third kappa shape index (κ3) is 4.83. The number of fused-ring (bicyclic) bond motifs is 1. The van der Waals surface area contributed by atoms with Crippen LogP contribution in [0.3, 0.4) is 0 Å². The van der Waals surface area contributed by atoms with E-state index in [1.807, 2.05) is 6.92 Å². The summed E-state index contributed by atoms with van der Waals surface area (Å²) in [6.07, 6.45) is 0.673. The van der Waals surface area contributed by atoms with Gasteiger partial charge >= 0.3 is 5.97 Å². The van der Waals surface area contributed by atoms with E-state index in [0.29, 0.717) is 46.4 Å². The van der Waals surface area contributed by atoms with Gasteiger partial charge in [-0.3, -0.25) is 9.36 Å². The van der Waals surface area contributed by atoms with Crippen LogP contribution in [0.25, 0.3) is 10.9 Å². The number of rotatable bonds is 8. The molecule has 0 amide bonds. The summed E-state index contributed by atoms with van der Waals surface area (Å²) in [5.41, 5.74) is 0.405. The number of hydrogen-bond donors (Lipinski definition) is 0. The summed E-state index contributed by atoms with van der Waals surface area (Å²) in [6, 6.07) is 8.33. The number of aromatic nitrogens is 2. The molecule has 0 spiro atoms. The van der Waals surface area contributed by atoms with Crippen LogP contribution in [-0.4, -0.2) is 36.3 Å². The van der Waals surface area contributed by atoms with E-state index >= 15 is 0 Å². The molecule has 0 fully saturated rings. The molecule has 7 nitrogen and oxygen atoms in total. The Balaban J connectivity index is 1.97. The van der Waals surface area contributed by atoms with Crippen LogP contribution >= 0.6 is 23.4 Å². The fourth-order valence-electron chi connectivity index (χ4n) is 2.83. The first-order chi connectivity index (χ1) is 13.9. The molecule has 3 rings (SSSR count). The summed E-state index contributed by atoms with van der Waals surface area (Å²) in [5.74, 6) is 0.174. The maximum absolute atomic E-state index is 13.0. The molecule has 154 valence electrons. The largest absolute Gasteiger partial charge is 0.463 e. The van der Waals surface area contributed by atoms with Gasteiger partial charge in [0, 0.05) is 25.3 Å². The quantitative estimate of drug-likeness (QED) is 0.225. The fourth-order valence-corrected chi connectivity index (χ4v) is 4.00. The van der Waals surface area contributed by atoms with Crippen LogP contribution in [0.1, 0.15) is 34.9 Å². The Morgan fingerprint density at radius 1 is 1.31 bits per heavy atom. The molecule has 0 aliphatic carbocycles. The molecule has 0 saturated carbocycles. The lowest BCUT2D eigenvalue weighted by Gasteiger charge is -2.15. The molecule has 9 heteroatoms. The monoisotopic (exact) mass is 436 g/mol. The zero-order valence-electron chi connectivity index (χ0n) is 16.3. The van der Waals surface area contributed by atoms with Crippen molar-refractivity contribution in [3.8, 4) is 0 Å². The standard InChI is InChI=1S/C20H21ClN2O5S/c1-12(16-7-8-17(28-16)19(25)27-3)29-20-22-15-11-13(21)5-6-14(15)18(24)23(20)9-4-10-26-2/h5-8,11-12H,4,9-10H2,1-3H3. The molecule has 0 bridgehead atoms. The molecule has 0 aliphatic rings. The summed E-state index contributed by atoms with van der Waals surface area (Å²) in [7, 11) is 2.92. The van der Waals surface area contributed by atoms with Crippen molar-refractivity contribution in [2.45, 2.75) is 30.3 Å². The second-order valence-corrected chi connectivity index (χ2v) is 8.06. The average Bonchev–Trinajstić information content (AvgIpc) is 3.20. The van der Waals surface area contributed by atoms with Crippen LogP contribution in [0, 0.1) is 0 Å². The van der Waals surface area contributed by atoms with Gasteiger partial charge in [-0.25, -0.2) is 9.78 Å². The van der Waals surface area contributed by atoms with Crippen molar-refractivity contribution in [1.82, 2.24) is 9.55 Å². The lowest BCUT2D eigenvalue weighted by Crippen LogP contribution is -2.24. The Labute approximate surface area is 177 Å². The smallest absolute Gasteiger partial charge is 0.373 e. The highest BCUT2D eigenvalue weighted by molar-refractivity contribution is 7.99. The number of hydrogen-bond acceptors (Lipinski definition) is 7. The molecule has 1 atom stereocenters. The molecule has 0 radical (unpaired) electrons. The van der Waals surface area contributed by atoms with E-state index in [9.17, 15) is 9.59 Å². The van der Waals surface area contributed by atoms with E-state index < -0.39 is 5.97 Å². The topological polar surface area (TPSA) is 83.6 Å². The van der Waals surface area contributed by atoms with Gasteiger partial charge in [-0.1, -0.05) is 23.4 Å². The van der Waals surface area contributed by atoms with Crippen LogP contribution in [0.15, 0.2) is 44.7 Å². The molecule has 2 heterocycles. The Morgan fingerprint density at radius 2 is 2.10 bits per heavy atom. The first-order valence-electron chi connectivity index (χ1n) is 8.98. The minimum Gasteiger partial charge on any atom is -0.463 e. The Hall–Kier alpha value is -2.29. The number of nitrogens with zero attached hydrogens (tertiary/aromatic N) is 2. The Morgan fingerprint density at radius 3 is 2.83 bits per heavy atom. The first kappa shape index (κ1) is 21.4. The van der Waals surface area contributed by atoms with Crippen LogP contribution in [0.2, 0.25) is 5.02 Å². The number of halogens is 1. The van der Waals surface area contributed by atoms with Crippen molar-refractivity contribution in [1.29, 1.82) is 0 Å². The Kier molecular flexibility index (Phi) is 7.00. The molecule has 1 unspecified atom stereocenters. The van der Waals surface area contributed by atoms with Crippen molar-refractivity contribution in [2.24, 2.45) is 0 Å². The average molecular weight is 437 g/mol. The normalized spacial score (nSPS) is 12.3. The molecule has 1 aromatic carbocycles. The maximum atomic E-state index is 13.0. The van der Waals surface area contributed by atoms with Gasteiger partial charge in [-0.2, -0.15) is 0 Å². The van der Waals surface area contributed by atoms with Gasteiger partial charge in [-0.05, 0) is 43.7 Å². The number of furan rings is 1. The van der Waals surface area contributed by atoms with Gasteiger partial charge in [0.2, 0.25) is 5.76 Å². The van der Waals surface area contributed by atoms with E-state index in [2.05, 4.69) is 9.72 Å². The SMILES string of the molecule is COCCCn1c(SC(C)c2ccc(C(=O)OC)o2)nc2cc(Cl)ccc2c1=O. The summed E-state index contributed by atoms with van der Waals surface area (Å²) in [5, 5.41) is 1.38. The lowest BCUT2D eigenvalue weighted by molar-refractivity contribution is 0.0563. The van der Waals surface area contributed by atoms with Crippen LogP contribution < -0.4 is 5.56 Å². The van der Waals surface area contributed by atoms with Crippen LogP contribution in [0.4, 0.5) is 0 Å². The van der Waals surface area contributed by atoms with Gasteiger partial charge in [0.25, 0.3) is 5.56 Å². The number of ether oxygens (including phenoxy) is 2. The zero-order valence-corrected chi connectivity index (χ0v) is 17.9. The fraction of sp³-hybridized carbons (Fsp3) is 0.350. The summed E-state index contributed by atoms with van der Waals surface area (Å²) in [4.78, 5) is 29.3. The molecular formula is C20H21ClN2O5S. The molecule has 0 saturated heterocycles. The molecule has 0 N–H and O–H groups in total. The van der Waals surface area contributed by atoms with E-state index in [0.717, 1.165) is 0 Å². The number of methoxy groups -OCH3 is 2. The van der Waals surface area contributed by atoms with Crippen molar-refractivity contribution in [3.63, 3.8) is 0 Å². The van der Waals surface area contributed by atoms with Crippen LogP contribution in [0.5, 0.6) is 0 Å². The maximum Gasteiger partial charge on any atom is 0.373 e. The predicted molar refractivity (Wildman–Crippen MR) is 112 cm³/mol. The number of thioether (sulfide) groups is 1. The number of benzene rings is 1. The first-order valence-corrected chi connectivity index (χ1v) is 10.2. The van der Waals surface area contributed by atoms with E-state index in [1.54, 1.807) is 42.0 Å². The van der Waals surface area contributed by atoms with Gasteiger partial charge in [0.15, 0.2) is 5.16 Å². The second kappa shape index (κ2) is 9.47. The van der Waals surface area contributed by atoms with Gasteiger partial charge in [0.05, 0.1) is 23.3 Å². The van der Waals surface area contributed by atoms with Crippen molar-refractivity contribution in [2.75, 3.05) is 20.8 Å². The summed E-state index contributed by atoms with van der Waals surface area (Å²) < 4.78 is 17.0. The van der Waals surface area contributed by atoms with Gasteiger partial charge < -0.3 is 13.9 Å². The molecule has 2 aromatic heterocycles. The highest BCUT2D eigenvalue weighted by atomic mass is 35.5. The second-order valence-electron chi connectivity index (χ2n) is 6.31. The summed E-state index contributed by atoms with van der Waals surface area (Å²) >= 11 is 7.45. The number of esters is 1. The molecule has 3 aromatic rings. The summed E-state index contributed by atoms with van der Waals surface area (Å²) in [6.45, 7) is 2.92. The van der Waals surface area contributed by atoms with Crippen molar-refractivity contribution < 1.29 is 18.7 Å². The minimum atomic E-state index is -0.539. The molecule has 29 heavy (non-hydrogen) atoms. The number of carbonyl (C=O) groups is 1.